The average molecular weight is 273 g/mol. The first-order valence-electron chi connectivity index (χ1n) is 6.08. The Morgan fingerprint density at radius 2 is 2.00 bits per heavy atom. The van der Waals surface area contributed by atoms with Crippen molar-refractivity contribution in [3.8, 4) is 17.4 Å². The summed E-state index contributed by atoms with van der Waals surface area (Å²) >= 11 is 0. The first-order valence-corrected chi connectivity index (χ1v) is 6.08. The molecule has 20 heavy (non-hydrogen) atoms. The van der Waals surface area contributed by atoms with Crippen LogP contribution in [0.15, 0.2) is 47.8 Å². The Bertz CT molecular complexity index is 614. The third-order valence-corrected chi connectivity index (χ3v) is 2.51. The summed E-state index contributed by atoms with van der Waals surface area (Å²) < 4.78 is 11.2. The Morgan fingerprint density at radius 3 is 2.70 bits per heavy atom. The van der Waals surface area contributed by atoms with Crippen LogP contribution in [0.2, 0.25) is 0 Å². The van der Waals surface area contributed by atoms with Crippen LogP contribution in [0.4, 0.5) is 0 Å². The SMILES string of the molecule is CCOc1ccccc1Oc1ncccc1/C(N)=N/O. The molecule has 1 aromatic carbocycles. The van der Waals surface area contributed by atoms with Crippen molar-refractivity contribution in [3.05, 3.63) is 48.2 Å². The summed E-state index contributed by atoms with van der Waals surface area (Å²) in [6, 6.07) is 10.6. The highest BCUT2D eigenvalue weighted by atomic mass is 16.5. The highest BCUT2D eigenvalue weighted by Crippen LogP contribution is 2.31. The van der Waals surface area contributed by atoms with E-state index in [1.54, 1.807) is 30.5 Å². The standard InChI is InChI=1S/C14H15N3O3/c1-2-19-11-7-3-4-8-12(11)20-14-10(13(15)17-18)6-5-9-16-14/h3-9,18H,2H2,1H3,(H2,15,17). The van der Waals surface area contributed by atoms with Crippen LogP contribution in [0, 0.1) is 0 Å². The molecule has 104 valence electrons. The van der Waals surface area contributed by atoms with Crippen LogP contribution in [-0.2, 0) is 0 Å². The fourth-order valence-corrected chi connectivity index (χ4v) is 1.63. The zero-order chi connectivity index (χ0) is 14.4. The number of hydrogen-bond acceptors (Lipinski definition) is 5. The summed E-state index contributed by atoms with van der Waals surface area (Å²) in [5, 5.41) is 11.7. The van der Waals surface area contributed by atoms with E-state index in [2.05, 4.69) is 10.1 Å². The van der Waals surface area contributed by atoms with Gasteiger partial charge in [0.2, 0.25) is 5.88 Å². The molecule has 0 saturated carbocycles. The lowest BCUT2D eigenvalue weighted by atomic mass is 10.2. The van der Waals surface area contributed by atoms with Gasteiger partial charge < -0.3 is 20.4 Å². The summed E-state index contributed by atoms with van der Waals surface area (Å²) in [4.78, 5) is 4.09. The number of nitrogens with zero attached hydrogens (tertiary/aromatic N) is 2. The summed E-state index contributed by atoms with van der Waals surface area (Å²) in [7, 11) is 0. The Morgan fingerprint density at radius 1 is 1.25 bits per heavy atom. The van der Waals surface area contributed by atoms with Gasteiger partial charge in [-0.2, -0.15) is 0 Å². The zero-order valence-electron chi connectivity index (χ0n) is 11.0. The van der Waals surface area contributed by atoms with Gasteiger partial charge in [0.1, 0.15) is 0 Å². The molecule has 0 bridgehead atoms. The fraction of sp³-hybridized carbons (Fsp3) is 0.143. The van der Waals surface area contributed by atoms with E-state index >= 15 is 0 Å². The number of aromatic nitrogens is 1. The van der Waals surface area contributed by atoms with Gasteiger partial charge in [0.05, 0.1) is 12.2 Å². The zero-order valence-corrected chi connectivity index (χ0v) is 11.0. The summed E-state index contributed by atoms with van der Waals surface area (Å²) in [5.74, 6) is 1.29. The molecule has 1 heterocycles. The van der Waals surface area contributed by atoms with Crippen molar-refractivity contribution < 1.29 is 14.7 Å². The number of ether oxygens (including phenoxy) is 2. The molecular weight excluding hydrogens is 258 g/mol. The summed E-state index contributed by atoms with van der Waals surface area (Å²) in [6.07, 6.45) is 1.56. The van der Waals surface area contributed by atoms with E-state index in [0.717, 1.165) is 0 Å². The van der Waals surface area contributed by atoms with Crippen LogP contribution in [-0.4, -0.2) is 22.6 Å². The van der Waals surface area contributed by atoms with E-state index < -0.39 is 0 Å². The van der Waals surface area contributed by atoms with Crippen LogP contribution < -0.4 is 15.2 Å². The van der Waals surface area contributed by atoms with E-state index in [9.17, 15) is 0 Å². The molecular formula is C14H15N3O3. The van der Waals surface area contributed by atoms with Crippen molar-refractivity contribution in [2.45, 2.75) is 6.92 Å². The topological polar surface area (TPSA) is 90.0 Å². The van der Waals surface area contributed by atoms with Crippen LogP contribution >= 0.6 is 0 Å². The molecule has 3 N–H and O–H groups in total. The lowest BCUT2D eigenvalue weighted by Crippen LogP contribution is -2.14. The van der Waals surface area contributed by atoms with Crippen LogP contribution in [0.3, 0.4) is 0 Å². The first kappa shape index (κ1) is 13.7. The summed E-state index contributed by atoms with van der Waals surface area (Å²) in [5.41, 5.74) is 6.00. The minimum atomic E-state index is -0.0676. The third-order valence-electron chi connectivity index (χ3n) is 2.51. The number of oxime groups is 1. The number of para-hydroxylation sites is 2. The number of rotatable bonds is 5. The highest BCUT2D eigenvalue weighted by Gasteiger charge is 2.12. The van der Waals surface area contributed by atoms with Gasteiger partial charge in [0.15, 0.2) is 17.3 Å². The predicted octanol–water partition coefficient (Wildman–Crippen LogP) is 2.37. The number of hydrogen-bond donors (Lipinski definition) is 2. The smallest absolute Gasteiger partial charge is 0.230 e. The Balaban J connectivity index is 2.36. The molecule has 0 amide bonds. The van der Waals surface area contributed by atoms with Gasteiger partial charge in [-0.15, -0.1) is 0 Å². The van der Waals surface area contributed by atoms with Crippen molar-refractivity contribution in [2.24, 2.45) is 10.9 Å². The van der Waals surface area contributed by atoms with Crippen LogP contribution in [0.5, 0.6) is 17.4 Å². The highest BCUT2D eigenvalue weighted by molar-refractivity contribution is 5.99. The second kappa shape index (κ2) is 6.42. The van der Waals surface area contributed by atoms with E-state index in [1.165, 1.54) is 0 Å². The van der Waals surface area contributed by atoms with E-state index in [4.69, 9.17) is 20.4 Å². The van der Waals surface area contributed by atoms with Crippen molar-refractivity contribution in [1.82, 2.24) is 4.98 Å². The first-order chi connectivity index (χ1) is 9.76. The van der Waals surface area contributed by atoms with E-state index in [0.29, 0.717) is 23.7 Å². The largest absolute Gasteiger partial charge is 0.490 e. The quantitative estimate of drug-likeness (QED) is 0.378. The van der Waals surface area contributed by atoms with Crippen molar-refractivity contribution in [1.29, 1.82) is 0 Å². The molecule has 6 nitrogen and oxygen atoms in total. The van der Waals surface area contributed by atoms with Gasteiger partial charge in [-0.25, -0.2) is 4.98 Å². The number of benzene rings is 1. The molecule has 0 saturated heterocycles. The molecule has 0 aliphatic heterocycles. The molecule has 0 aliphatic rings. The molecule has 0 aliphatic carbocycles. The van der Waals surface area contributed by atoms with Crippen LogP contribution in [0.1, 0.15) is 12.5 Å². The molecule has 0 spiro atoms. The molecule has 6 heteroatoms. The van der Waals surface area contributed by atoms with Gasteiger partial charge in [0, 0.05) is 6.20 Å². The van der Waals surface area contributed by atoms with Gasteiger partial charge in [0.25, 0.3) is 0 Å². The van der Waals surface area contributed by atoms with Crippen LogP contribution in [0.25, 0.3) is 0 Å². The van der Waals surface area contributed by atoms with Crippen molar-refractivity contribution in [2.75, 3.05) is 6.61 Å². The predicted molar refractivity (Wildman–Crippen MR) is 74.4 cm³/mol. The number of nitrogens with two attached hydrogens (primary N) is 1. The lowest BCUT2D eigenvalue weighted by molar-refractivity contribution is 0.316. The molecule has 2 aromatic rings. The Kier molecular flexibility index (Phi) is 4.39. The maximum absolute atomic E-state index is 8.77. The van der Waals surface area contributed by atoms with Crippen molar-refractivity contribution >= 4 is 5.84 Å². The lowest BCUT2D eigenvalue weighted by Gasteiger charge is -2.12. The maximum Gasteiger partial charge on any atom is 0.230 e. The van der Waals surface area contributed by atoms with Gasteiger partial charge in [-0.1, -0.05) is 17.3 Å². The number of amidine groups is 1. The minimum Gasteiger partial charge on any atom is -0.490 e. The van der Waals surface area contributed by atoms with Gasteiger partial charge >= 0.3 is 0 Å². The molecule has 0 atom stereocenters. The minimum absolute atomic E-state index is 0.0676. The second-order valence-electron chi connectivity index (χ2n) is 3.82. The Labute approximate surface area is 116 Å². The second-order valence-corrected chi connectivity index (χ2v) is 3.82. The molecule has 0 unspecified atom stereocenters. The molecule has 2 rings (SSSR count). The van der Waals surface area contributed by atoms with E-state index in [-0.39, 0.29) is 11.7 Å². The average Bonchev–Trinajstić information content (AvgIpc) is 2.49. The normalized spacial score (nSPS) is 11.2. The molecule has 0 radical (unpaired) electrons. The summed E-state index contributed by atoms with van der Waals surface area (Å²) in [6.45, 7) is 2.41. The van der Waals surface area contributed by atoms with Gasteiger partial charge in [-0.3, -0.25) is 0 Å². The van der Waals surface area contributed by atoms with E-state index in [1.807, 2.05) is 19.1 Å². The fourth-order valence-electron chi connectivity index (χ4n) is 1.63. The van der Waals surface area contributed by atoms with Gasteiger partial charge in [-0.05, 0) is 31.2 Å². The third kappa shape index (κ3) is 2.97. The molecule has 1 aromatic heterocycles. The van der Waals surface area contributed by atoms with Crippen molar-refractivity contribution in [3.63, 3.8) is 0 Å². The monoisotopic (exact) mass is 273 g/mol. The number of pyridine rings is 1. The maximum atomic E-state index is 8.77. The Hall–Kier alpha value is -2.76. The molecule has 0 fully saturated rings.